The van der Waals surface area contributed by atoms with E-state index in [2.05, 4.69) is 0 Å². The van der Waals surface area contributed by atoms with Crippen LogP contribution in [0.15, 0.2) is 0 Å². The second kappa shape index (κ2) is 4.45. The molecule has 0 aromatic rings. The summed E-state index contributed by atoms with van der Waals surface area (Å²) in [5.41, 5.74) is 5.28. The molecule has 0 aromatic heterocycles. The number of aliphatic hydroxyl groups is 1. The van der Waals surface area contributed by atoms with Crippen molar-refractivity contribution in [2.24, 2.45) is 11.7 Å². The molecule has 74 valence electrons. The van der Waals surface area contributed by atoms with Gasteiger partial charge in [0.15, 0.2) is 0 Å². The number of hydrogen-bond donors (Lipinski definition) is 2. The Morgan fingerprint density at radius 3 is 2.25 bits per heavy atom. The quantitative estimate of drug-likeness (QED) is 0.666. The highest BCUT2D eigenvalue weighted by Gasteiger charge is 2.30. The molecule has 1 fully saturated rings. The number of rotatable bonds is 1. The predicted molar refractivity (Wildman–Crippen MR) is 53.5 cm³/mol. The second-order valence-corrected chi connectivity index (χ2v) is 4.28. The molecule has 0 saturated heterocycles. The first-order valence-electron chi connectivity index (χ1n) is 4.48. The zero-order valence-electron chi connectivity index (χ0n) is 7.92. The first kappa shape index (κ1) is 12.2. The van der Waals surface area contributed by atoms with E-state index in [1.54, 1.807) is 0 Å². The van der Waals surface area contributed by atoms with Gasteiger partial charge in [-0.05, 0) is 39.0 Å². The molecule has 1 rings (SSSR count). The molecular weight excluding hydrogens is 174 g/mol. The maximum atomic E-state index is 9.70. The Hall–Kier alpha value is 0.210. The van der Waals surface area contributed by atoms with E-state index in [1.165, 1.54) is 6.42 Å². The van der Waals surface area contributed by atoms with Gasteiger partial charge in [0.25, 0.3) is 0 Å². The Kier molecular flexibility index (Phi) is 4.53. The van der Waals surface area contributed by atoms with Crippen LogP contribution in [0.2, 0.25) is 0 Å². The maximum Gasteiger partial charge on any atom is 0.0620 e. The lowest BCUT2D eigenvalue weighted by Gasteiger charge is -2.35. The van der Waals surface area contributed by atoms with E-state index in [0.29, 0.717) is 12.0 Å². The van der Waals surface area contributed by atoms with E-state index < -0.39 is 5.60 Å². The van der Waals surface area contributed by atoms with Gasteiger partial charge in [-0.15, -0.1) is 12.4 Å². The number of halogens is 1. The lowest BCUT2D eigenvalue weighted by molar-refractivity contribution is -0.00243. The second-order valence-electron chi connectivity index (χ2n) is 4.28. The molecule has 2 atom stereocenters. The molecule has 2 nitrogen and oxygen atoms in total. The minimum absolute atomic E-state index is 0. The van der Waals surface area contributed by atoms with Gasteiger partial charge in [-0.25, -0.2) is 0 Å². The Bertz CT molecular complexity index is 133. The van der Waals surface area contributed by atoms with Gasteiger partial charge in [0.1, 0.15) is 0 Å². The van der Waals surface area contributed by atoms with Gasteiger partial charge in [0.2, 0.25) is 0 Å². The van der Waals surface area contributed by atoms with Crippen molar-refractivity contribution in [3.63, 3.8) is 0 Å². The zero-order chi connectivity index (χ0) is 8.48. The predicted octanol–water partition coefficient (Wildman–Crippen LogP) is 1.70. The molecule has 0 spiro atoms. The van der Waals surface area contributed by atoms with Crippen molar-refractivity contribution in [3.05, 3.63) is 0 Å². The van der Waals surface area contributed by atoms with Gasteiger partial charge in [-0.3, -0.25) is 0 Å². The van der Waals surface area contributed by atoms with E-state index in [-0.39, 0.29) is 12.4 Å². The van der Waals surface area contributed by atoms with Crippen LogP contribution in [-0.4, -0.2) is 16.7 Å². The first-order valence-corrected chi connectivity index (χ1v) is 4.48. The maximum absolute atomic E-state index is 9.70. The molecule has 1 aliphatic carbocycles. The molecule has 1 aliphatic rings. The summed E-state index contributed by atoms with van der Waals surface area (Å²) in [5, 5.41) is 9.70. The molecule has 0 aliphatic heterocycles. The van der Waals surface area contributed by atoms with Gasteiger partial charge < -0.3 is 10.8 Å². The molecule has 0 heterocycles. The summed E-state index contributed by atoms with van der Waals surface area (Å²) in [6, 6.07) is 0.320. The van der Waals surface area contributed by atoms with Gasteiger partial charge in [-0.1, -0.05) is 6.42 Å². The van der Waals surface area contributed by atoms with Gasteiger partial charge in [0, 0.05) is 6.04 Å². The van der Waals surface area contributed by atoms with Crippen molar-refractivity contribution in [1.82, 2.24) is 0 Å². The van der Waals surface area contributed by atoms with Crippen LogP contribution in [0.1, 0.15) is 39.5 Å². The van der Waals surface area contributed by atoms with Gasteiger partial charge >= 0.3 is 0 Å². The molecule has 1 saturated carbocycles. The Balaban J connectivity index is 0.00000121. The van der Waals surface area contributed by atoms with Gasteiger partial charge in [0.05, 0.1) is 5.60 Å². The average molecular weight is 194 g/mol. The van der Waals surface area contributed by atoms with E-state index in [4.69, 9.17) is 5.73 Å². The monoisotopic (exact) mass is 193 g/mol. The van der Waals surface area contributed by atoms with Crippen LogP contribution in [0.5, 0.6) is 0 Å². The largest absolute Gasteiger partial charge is 0.390 e. The van der Waals surface area contributed by atoms with E-state index >= 15 is 0 Å². The molecular formula is C9H20ClNO. The molecule has 3 heteroatoms. The third-order valence-electron chi connectivity index (χ3n) is 2.71. The highest BCUT2D eigenvalue weighted by molar-refractivity contribution is 5.85. The first-order chi connectivity index (χ1) is 5.00. The van der Waals surface area contributed by atoms with Crippen molar-refractivity contribution < 1.29 is 5.11 Å². The van der Waals surface area contributed by atoms with Gasteiger partial charge in [-0.2, -0.15) is 0 Å². The SMILES string of the molecule is CC(C)(O)[C@H]1CCC[C@H](N)C1.Cl. The van der Waals surface area contributed by atoms with E-state index in [1.807, 2.05) is 13.8 Å². The van der Waals surface area contributed by atoms with E-state index in [9.17, 15) is 5.11 Å². The topological polar surface area (TPSA) is 46.2 Å². The Morgan fingerprint density at radius 1 is 1.33 bits per heavy atom. The molecule has 0 aromatic carbocycles. The van der Waals surface area contributed by atoms with Crippen molar-refractivity contribution in [2.75, 3.05) is 0 Å². The van der Waals surface area contributed by atoms with Crippen LogP contribution in [0.4, 0.5) is 0 Å². The standard InChI is InChI=1S/C9H19NO.ClH/c1-9(2,11)7-4-3-5-8(10)6-7;/h7-8,11H,3-6,10H2,1-2H3;1H/t7-,8-;/m0./s1. The lowest BCUT2D eigenvalue weighted by Crippen LogP contribution is -2.39. The Labute approximate surface area is 80.9 Å². The molecule has 0 amide bonds. The third-order valence-corrected chi connectivity index (χ3v) is 2.71. The van der Waals surface area contributed by atoms with Crippen molar-refractivity contribution in [3.8, 4) is 0 Å². The minimum Gasteiger partial charge on any atom is -0.390 e. The van der Waals surface area contributed by atoms with Crippen molar-refractivity contribution >= 4 is 12.4 Å². The molecule has 3 N–H and O–H groups in total. The summed E-state index contributed by atoms with van der Waals surface area (Å²) in [7, 11) is 0. The van der Waals surface area contributed by atoms with Crippen LogP contribution in [0.25, 0.3) is 0 Å². The van der Waals surface area contributed by atoms with Crippen LogP contribution in [-0.2, 0) is 0 Å². The summed E-state index contributed by atoms with van der Waals surface area (Å²) in [6.07, 6.45) is 4.43. The zero-order valence-corrected chi connectivity index (χ0v) is 8.73. The van der Waals surface area contributed by atoms with Crippen LogP contribution >= 0.6 is 12.4 Å². The number of hydrogen-bond acceptors (Lipinski definition) is 2. The smallest absolute Gasteiger partial charge is 0.0620 e. The Morgan fingerprint density at radius 2 is 1.92 bits per heavy atom. The fourth-order valence-electron chi connectivity index (χ4n) is 1.87. The van der Waals surface area contributed by atoms with Crippen molar-refractivity contribution in [2.45, 2.75) is 51.2 Å². The van der Waals surface area contributed by atoms with Crippen LogP contribution in [0.3, 0.4) is 0 Å². The molecule has 0 bridgehead atoms. The summed E-state index contributed by atoms with van der Waals surface area (Å²) in [5.74, 6) is 0.409. The summed E-state index contributed by atoms with van der Waals surface area (Å²) in [6.45, 7) is 3.77. The number of nitrogens with two attached hydrogens (primary N) is 1. The molecule has 0 radical (unpaired) electrons. The molecule has 12 heavy (non-hydrogen) atoms. The summed E-state index contributed by atoms with van der Waals surface area (Å²) in [4.78, 5) is 0. The average Bonchev–Trinajstić information content (AvgIpc) is 1.86. The fourth-order valence-corrected chi connectivity index (χ4v) is 1.87. The normalized spacial score (nSPS) is 31.0. The highest BCUT2D eigenvalue weighted by atomic mass is 35.5. The van der Waals surface area contributed by atoms with Crippen LogP contribution < -0.4 is 5.73 Å². The summed E-state index contributed by atoms with van der Waals surface area (Å²) >= 11 is 0. The fraction of sp³-hybridized carbons (Fsp3) is 1.00. The summed E-state index contributed by atoms with van der Waals surface area (Å²) < 4.78 is 0. The highest BCUT2D eigenvalue weighted by Crippen LogP contribution is 2.31. The minimum atomic E-state index is -0.530. The lowest BCUT2D eigenvalue weighted by atomic mass is 9.77. The van der Waals surface area contributed by atoms with E-state index in [0.717, 1.165) is 19.3 Å². The van der Waals surface area contributed by atoms with Crippen LogP contribution in [0, 0.1) is 5.92 Å². The molecule has 0 unspecified atom stereocenters. The third kappa shape index (κ3) is 3.30. The van der Waals surface area contributed by atoms with Crippen molar-refractivity contribution in [1.29, 1.82) is 0 Å².